The molecule has 0 aliphatic rings. The van der Waals surface area contributed by atoms with Gasteiger partial charge in [-0.15, -0.1) is 0 Å². The monoisotopic (exact) mass is 362 g/mol. The molecule has 3 aromatic rings. The second-order valence-corrected chi connectivity index (χ2v) is 6.05. The van der Waals surface area contributed by atoms with Crippen molar-refractivity contribution in [3.05, 3.63) is 88.5 Å². The lowest BCUT2D eigenvalue weighted by Gasteiger charge is -2.16. The van der Waals surface area contributed by atoms with Gasteiger partial charge in [0.15, 0.2) is 0 Å². The predicted molar refractivity (Wildman–Crippen MR) is 101 cm³/mol. The number of nitro groups is 1. The molecule has 0 radical (unpaired) electrons. The quantitative estimate of drug-likeness (QED) is 0.495. The van der Waals surface area contributed by atoms with Crippen molar-refractivity contribution in [3.8, 4) is 11.1 Å². The first-order chi connectivity index (χ1) is 13.0. The smallest absolute Gasteiger partial charge is 0.291 e. The van der Waals surface area contributed by atoms with Crippen LogP contribution in [-0.4, -0.2) is 39.3 Å². The fourth-order valence-electron chi connectivity index (χ4n) is 2.62. The summed E-state index contributed by atoms with van der Waals surface area (Å²) < 4.78 is 0. The highest BCUT2D eigenvalue weighted by molar-refractivity contribution is 5.90. The van der Waals surface area contributed by atoms with Crippen molar-refractivity contribution in [2.45, 2.75) is 6.42 Å². The zero-order valence-electron chi connectivity index (χ0n) is 14.8. The van der Waals surface area contributed by atoms with Crippen LogP contribution in [0, 0.1) is 10.1 Å². The summed E-state index contributed by atoms with van der Waals surface area (Å²) in [5, 5.41) is 10.7. The van der Waals surface area contributed by atoms with E-state index < -0.39 is 4.92 Å². The first-order valence-electron chi connectivity index (χ1n) is 8.41. The molecule has 136 valence electrons. The fraction of sp³-hybridized carbons (Fsp3) is 0.150. The fourth-order valence-corrected chi connectivity index (χ4v) is 2.62. The summed E-state index contributed by atoms with van der Waals surface area (Å²) in [6, 6.07) is 16.1. The summed E-state index contributed by atoms with van der Waals surface area (Å²) in [6.45, 7) is 0.550. The molecular weight excluding hydrogens is 344 g/mol. The summed E-state index contributed by atoms with van der Waals surface area (Å²) in [4.78, 5) is 32.1. The lowest BCUT2D eigenvalue weighted by molar-refractivity contribution is -0.384. The second-order valence-electron chi connectivity index (χ2n) is 6.05. The lowest BCUT2D eigenvalue weighted by Crippen LogP contribution is -2.30. The molecule has 0 N–H and O–H groups in total. The van der Waals surface area contributed by atoms with Crippen LogP contribution in [-0.2, 0) is 6.42 Å². The number of rotatable bonds is 6. The molecule has 0 fully saturated rings. The van der Waals surface area contributed by atoms with Gasteiger partial charge in [-0.2, -0.15) is 0 Å². The average Bonchev–Trinajstić information content (AvgIpc) is 2.72. The minimum Gasteiger partial charge on any atom is -0.339 e. The number of likely N-dealkylation sites (N-methyl/N-ethyl adjacent to an activating group) is 1. The Hall–Kier alpha value is -3.61. The van der Waals surface area contributed by atoms with Crippen LogP contribution in [0.2, 0.25) is 0 Å². The van der Waals surface area contributed by atoms with Gasteiger partial charge in [0.2, 0.25) is 5.82 Å². The van der Waals surface area contributed by atoms with Gasteiger partial charge in [-0.25, -0.2) is 9.97 Å². The zero-order valence-corrected chi connectivity index (χ0v) is 14.8. The van der Waals surface area contributed by atoms with E-state index in [0.29, 0.717) is 13.0 Å². The molecule has 0 spiro atoms. The molecule has 1 aromatic heterocycles. The number of aromatic nitrogens is 2. The molecule has 7 nitrogen and oxygen atoms in total. The Morgan fingerprint density at radius 3 is 2.11 bits per heavy atom. The number of amides is 1. The predicted octanol–water partition coefficient (Wildman–Crippen LogP) is 3.37. The molecule has 0 aliphatic heterocycles. The Balaban J connectivity index is 1.60. The second kappa shape index (κ2) is 8.18. The molecule has 0 aliphatic carbocycles. The molecule has 1 heterocycles. The van der Waals surface area contributed by atoms with Crippen LogP contribution in [0.4, 0.5) is 5.69 Å². The van der Waals surface area contributed by atoms with Crippen LogP contribution in [0.5, 0.6) is 0 Å². The summed E-state index contributed by atoms with van der Waals surface area (Å²) in [7, 11) is 1.73. The van der Waals surface area contributed by atoms with Gasteiger partial charge >= 0.3 is 0 Å². The van der Waals surface area contributed by atoms with E-state index >= 15 is 0 Å². The van der Waals surface area contributed by atoms with E-state index in [9.17, 15) is 14.9 Å². The van der Waals surface area contributed by atoms with Gasteiger partial charge in [0.1, 0.15) is 0 Å². The number of nitro benzene ring substituents is 1. The van der Waals surface area contributed by atoms with Crippen LogP contribution >= 0.6 is 0 Å². The van der Waals surface area contributed by atoms with Crippen molar-refractivity contribution in [1.29, 1.82) is 0 Å². The van der Waals surface area contributed by atoms with E-state index in [1.807, 2.05) is 24.3 Å². The maximum absolute atomic E-state index is 12.2. The van der Waals surface area contributed by atoms with E-state index in [2.05, 4.69) is 9.97 Å². The van der Waals surface area contributed by atoms with E-state index in [1.165, 1.54) is 12.1 Å². The van der Waals surface area contributed by atoms with Crippen LogP contribution in [0.25, 0.3) is 11.1 Å². The van der Waals surface area contributed by atoms with Gasteiger partial charge in [0.25, 0.3) is 11.6 Å². The molecule has 0 atom stereocenters. The average molecular weight is 362 g/mol. The molecule has 1 amide bonds. The highest BCUT2D eigenvalue weighted by Gasteiger charge is 2.13. The Labute approximate surface area is 156 Å². The normalized spacial score (nSPS) is 10.4. The van der Waals surface area contributed by atoms with Crippen molar-refractivity contribution >= 4 is 11.6 Å². The summed E-state index contributed by atoms with van der Waals surface area (Å²) in [6.07, 6.45) is 3.80. The largest absolute Gasteiger partial charge is 0.339 e. The summed E-state index contributed by atoms with van der Waals surface area (Å²) in [5.41, 5.74) is 3.07. The standard InChI is InChI=1S/C20H18N4O3/c1-23(20(25)19-21-12-2-13-22-19)14-11-15-3-5-16(6-4-15)17-7-9-18(10-8-17)24(26)27/h2-10,12-13H,11,14H2,1H3. The third-order valence-electron chi connectivity index (χ3n) is 4.21. The molecule has 3 rings (SSSR count). The minimum atomic E-state index is -0.412. The van der Waals surface area contributed by atoms with Gasteiger partial charge in [-0.3, -0.25) is 14.9 Å². The number of carbonyl (C=O) groups is 1. The zero-order chi connectivity index (χ0) is 19.2. The van der Waals surface area contributed by atoms with Crippen molar-refractivity contribution < 1.29 is 9.72 Å². The van der Waals surface area contributed by atoms with Crippen molar-refractivity contribution in [3.63, 3.8) is 0 Å². The number of benzene rings is 2. The van der Waals surface area contributed by atoms with Crippen LogP contribution in [0.15, 0.2) is 67.0 Å². The first-order valence-corrected chi connectivity index (χ1v) is 8.41. The summed E-state index contributed by atoms with van der Waals surface area (Å²) in [5.74, 6) is -0.0216. The molecule has 0 bridgehead atoms. The Morgan fingerprint density at radius 1 is 1.00 bits per heavy atom. The maximum Gasteiger partial charge on any atom is 0.291 e. The van der Waals surface area contributed by atoms with Crippen LogP contribution in [0.3, 0.4) is 0 Å². The van der Waals surface area contributed by atoms with Gasteiger partial charge in [0, 0.05) is 38.1 Å². The topological polar surface area (TPSA) is 89.2 Å². The van der Waals surface area contributed by atoms with E-state index in [0.717, 1.165) is 16.7 Å². The first kappa shape index (κ1) is 18.2. The van der Waals surface area contributed by atoms with Crippen molar-refractivity contribution in [2.75, 3.05) is 13.6 Å². The third-order valence-corrected chi connectivity index (χ3v) is 4.21. The molecule has 0 saturated heterocycles. The summed E-state index contributed by atoms with van der Waals surface area (Å²) >= 11 is 0. The molecule has 27 heavy (non-hydrogen) atoms. The van der Waals surface area contributed by atoms with Crippen molar-refractivity contribution in [2.24, 2.45) is 0 Å². The molecule has 0 saturated carbocycles. The van der Waals surface area contributed by atoms with Gasteiger partial charge in [0.05, 0.1) is 4.92 Å². The van der Waals surface area contributed by atoms with Crippen LogP contribution in [0.1, 0.15) is 16.2 Å². The molecule has 2 aromatic carbocycles. The molecule has 0 unspecified atom stereocenters. The molecular formula is C20H18N4O3. The maximum atomic E-state index is 12.2. The Morgan fingerprint density at radius 2 is 1.56 bits per heavy atom. The highest BCUT2D eigenvalue weighted by Crippen LogP contribution is 2.22. The lowest BCUT2D eigenvalue weighted by atomic mass is 10.0. The van der Waals surface area contributed by atoms with E-state index in [1.54, 1.807) is 42.5 Å². The van der Waals surface area contributed by atoms with Crippen molar-refractivity contribution in [1.82, 2.24) is 14.9 Å². The number of hydrogen-bond donors (Lipinski definition) is 0. The van der Waals surface area contributed by atoms with E-state index in [-0.39, 0.29) is 17.4 Å². The number of hydrogen-bond acceptors (Lipinski definition) is 5. The SMILES string of the molecule is CN(CCc1ccc(-c2ccc([N+](=O)[O-])cc2)cc1)C(=O)c1ncccn1. The Bertz CT molecular complexity index is 926. The number of nitrogens with zero attached hydrogens (tertiary/aromatic N) is 4. The van der Waals surface area contributed by atoms with Gasteiger partial charge in [-0.05, 0) is 41.3 Å². The van der Waals surface area contributed by atoms with E-state index in [4.69, 9.17) is 0 Å². The van der Waals surface area contributed by atoms with Gasteiger partial charge < -0.3 is 4.90 Å². The third kappa shape index (κ3) is 4.52. The van der Waals surface area contributed by atoms with Gasteiger partial charge in [-0.1, -0.05) is 24.3 Å². The highest BCUT2D eigenvalue weighted by atomic mass is 16.6. The molecule has 7 heteroatoms. The van der Waals surface area contributed by atoms with Crippen LogP contribution < -0.4 is 0 Å². The number of carbonyl (C=O) groups excluding carboxylic acids is 1. The Kier molecular flexibility index (Phi) is 5.51. The number of non-ortho nitro benzene ring substituents is 1. The minimum absolute atomic E-state index is 0.0745.